The molecule has 0 aromatic heterocycles. The van der Waals surface area contributed by atoms with Gasteiger partial charge in [-0.2, -0.15) is 0 Å². The van der Waals surface area contributed by atoms with E-state index in [9.17, 15) is 8.78 Å². The topological polar surface area (TPSA) is 12.0 Å². The summed E-state index contributed by atoms with van der Waals surface area (Å²) in [5, 5.41) is 3.96. The van der Waals surface area contributed by atoms with Crippen LogP contribution in [0.15, 0.2) is 30.3 Å². The van der Waals surface area contributed by atoms with E-state index in [1.54, 1.807) is 12.1 Å². The molecule has 0 saturated heterocycles. The first-order valence-electron chi connectivity index (χ1n) is 6.13. The van der Waals surface area contributed by atoms with E-state index in [2.05, 4.69) is 5.32 Å². The van der Waals surface area contributed by atoms with Crippen LogP contribution in [0.3, 0.4) is 0 Å². The van der Waals surface area contributed by atoms with Crippen LogP contribution < -0.4 is 5.32 Å². The normalized spacial score (nSPS) is 13.6. The fourth-order valence-corrected chi connectivity index (χ4v) is 2.80. The number of halogens is 4. The summed E-state index contributed by atoms with van der Waals surface area (Å²) in [5.74, 6) is -1.11. The number of hydrogen-bond donors (Lipinski definition) is 1. The molecular formula is C15H13Cl2F2N. The molecule has 106 valence electrons. The van der Waals surface area contributed by atoms with Gasteiger partial charge in [0.1, 0.15) is 11.6 Å². The molecule has 5 heteroatoms. The fourth-order valence-electron chi connectivity index (χ4n) is 2.52. The third kappa shape index (κ3) is 2.66. The summed E-state index contributed by atoms with van der Waals surface area (Å²) in [7, 11) is 0. The lowest BCUT2D eigenvalue weighted by Crippen LogP contribution is -2.24. The molecule has 1 aliphatic rings. The molecule has 0 bridgehead atoms. The maximum Gasteiger partial charge on any atom is 0.133 e. The summed E-state index contributed by atoms with van der Waals surface area (Å²) in [6.45, 7) is 1.52. The maximum absolute atomic E-state index is 13.9. The predicted octanol–water partition coefficient (Wildman–Crippen LogP) is 4.35. The summed E-state index contributed by atoms with van der Waals surface area (Å²) in [4.78, 5) is 0. The summed E-state index contributed by atoms with van der Waals surface area (Å²) in [5.41, 5.74) is 3.26. The Kier molecular flexibility index (Phi) is 4.63. The Hall–Kier alpha value is -1.16. The maximum atomic E-state index is 13.9. The van der Waals surface area contributed by atoms with Gasteiger partial charge < -0.3 is 5.32 Å². The number of rotatable bonds is 1. The summed E-state index contributed by atoms with van der Waals surface area (Å²) in [6, 6.07) is 7.24. The molecule has 0 fully saturated rings. The Morgan fingerprint density at radius 3 is 2.50 bits per heavy atom. The Bertz CT molecular complexity index is 644. The van der Waals surface area contributed by atoms with Crippen molar-refractivity contribution in [2.45, 2.75) is 13.0 Å². The molecule has 1 N–H and O–H groups in total. The van der Waals surface area contributed by atoms with Crippen molar-refractivity contribution >= 4 is 24.0 Å². The Balaban J connectivity index is 0.00000147. The van der Waals surface area contributed by atoms with Gasteiger partial charge in [-0.15, -0.1) is 12.4 Å². The quantitative estimate of drug-likeness (QED) is 0.824. The third-order valence-electron chi connectivity index (χ3n) is 3.45. The van der Waals surface area contributed by atoms with Gasteiger partial charge in [0, 0.05) is 23.2 Å². The van der Waals surface area contributed by atoms with E-state index in [1.807, 2.05) is 0 Å². The van der Waals surface area contributed by atoms with E-state index in [0.717, 1.165) is 35.7 Å². The van der Waals surface area contributed by atoms with Gasteiger partial charge in [-0.3, -0.25) is 0 Å². The van der Waals surface area contributed by atoms with Crippen molar-refractivity contribution in [2.75, 3.05) is 6.54 Å². The van der Waals surface area contributed by atoms with Crippen LogP contribution in [-0.4, -0.2) is 6.54 Å². The van der Waals surface area contributed by atoms with Crippen LogP contribution in [-0.2, 0) is 13.0 Å². The summed E-state index contributed by atoms with van der Waals surface area (Å²) in [6.07, 6.45) is 0.824. The van der Waals surface area contributed by atoms with E-state index in [0.29, 0.717) is 17.1 Å². The second-order valence-electron chi connectivity index (χ2n) is 4.60. The minimum Gasteiger partial charge on any atom is -0.312 e. The first kappa shape index (κ1) is 15.2. The van der Waals surface area contributed by atoms with E-state index in [4.69, 9.17) is 11.6 Å². The van der Waals surface area contributed by atoms with Gasteiger partial charge in [-0.05, 0) is 47.9 Å². The third-order valence-corrected chi connectivity index (χ3v) is 3.80. The number of nitrogens with one attached hydrogen (secondary N) is 1. The number of benzene rings is 2. The summed E-state index contributed by atoms with van der Waals surface area (Å²) >= 11 is 6.19. The van der Waals surface area contributed by atoms with Crippen molar-refractivity contribution in [1.82, 2.24) is 5.32 Å². The Morgan fingerprint density at radius 1 is 1.00 bits per heavy atom. The van der Waals surface area contributed by atoms with Crippen LogP contribution in [0.1, 0.15) is 11.1 Å². The molecule has 2 aromatic carbocycles. The molecular weight excluding hydrogens is 303 g/mol. The summed E-state index contributed by atoms with van der Waals surface area (Å²) < 4.78 is 26.9. The van der Waals surface area contributed by atoms with Crippen LogP contribution >= 0.6 is 24.0 Å². The molecule has 1 nitrogen and oxygen atoms in total. The standard InChI is InChI=1S/C15H12ClF2N.ClH/c16-14-4-3-10(13-8-19-6-5-11(13)14)12-2-1-9(17)7-15(12)18;/h1-4,7,19H,5-6,8H2;1H. The largest absolute Gasteiger partial charge is 0.312 e. The van der Waals surface area contributed by atoms with E-state index in [1.165, 1.54) is 12.1 Å². The second kappa shape index (κ2) is 6.08. The first-order chi connectivity index (χ1) is 9.16. The zero-order chi connectivity index (χ0) is 13.4. The monoisotopic (exact) mass is 315 g/mol. The van der Waals surface area contributed by atoms with Gasteiger partial charge in [0.15, 0.2) is 0 Å². The highest BCUT2D eigenvalue weighted by molar-refractivity contribution is 6.31. The predicted molar refractivity (Wildman–Crippen MR) is 79.5 cm³/mol. The molecule has 0 saturated carbocycles. The van der Waals surface area contributed by atoms with E-state index < -0.39 is 11.6 Å². The SMILES string of the molecule is Cl.Fc1ccc(-c2ccc(Cl)c3c2CNCC3)c(F)c1. The van der Waals surface area contributed by atoms with Gasteiger partial charge in [-0.1, -0.05) is 17.7 Å². The van der Waals surface area contributed by atoms with Gasteiger partial charge >= 0.3 is 0 Å². The minimum atomic E-state index is -0.567. The lowest BCUT2D eigenvalue weighted by atomic mass is 9.91. The first-order valence-corrected chi connectivity index (χ1v) is 6.51. The fraction of sp³-hybridized carbons (Fsp3) is 0.200. The minimum absolute atomic E-state index is 0. The molecule has 0 amide bonds. The Labute approximate surface area is 127 Å². The molecule has 0 radical (unpaired) electrons. The molecule has 0 unspecified atom stereocenters. The zero-order valence-corrected chi connectivity index (χ0v) is 12.1. The van der Waals surface area contributed by atoms with Crippen LogP contribution in [0.5, 0.6) is 0 Å². The van der Waals surface area contributed by atoms with Crippen molar-refractivity contribution < 1.29 is 8.78 Å². The highest BCUT2D eigenvalue weighted by Crippen LogP contribution is 2.34. The highest BCUT2D eigenvalue weighted by atomic mass is 35.5. The van der Waals surface area contributed by atoms with Crippen LogP contribution in [0.4, 0.5) is 8.78 Å². The van der Waals surface area contributed by atoms with Crippen molar-refractivity contribution in [3.05, 3.63) is 58.1 Å². The molecule has 0 atom stereocenters. The van der Waals surface area contributed by atoms with Crippen molar-refractivity contribution in [2.24, 2.45) is 0 Å². The van der Waals surface area contributed by atoms with Gasteiger partial charge in [0.2, 0.25) is 0 Å². The average Bonchev–Trinajstić information content (AvgIpc) is 2.41. The number of hydrogen-bond acceptors (Lipinski definition) is 1. The van der Waals surface area contributed by atoms with Gasteiger partial charge in [0.25, 0.3) is 0 Å². The molecule has 0 spiro atoms. The van der Waals surface area contributed by atoms with Gasteiger partial charge in [-0.25, -0.2) is 8.78 Å². The highest BCUT2D eigenvalue weighted by Gasteiger charge is 2.18. The van der Waals surface area contributed by atoms with Crippen molar-refractivity contribution in [3.8, 4) is 11.1 Å². The molecule has 1 heterocycles. The van der Waals surface area contributed by atoms with Crippen molar-refractivity contribution in [3.63, 3.8) is 0 Å². The smallest absolute Gasteiger partial charge is 0.133 e. The molecule has 20 heavy (non-hydrogen) atoms. The van der Waals surface area contributed by atoms with Crippen LogP contribution in [0.25, 0.3) is 11.1 Å². The average molecular weight is 316 g/mol. The second-order valence-corrected chi connectivity index (χ2v) is 5.01. The molecule has 0 aliphatic carbocycles. The zero-order valence-electron chi connectivity index (χ0n) is 10.6. The lowest BCUT2D eigenvalue weighted by Gasteiger charge is -2.22. The molecule has 3 rings (SSSR count). The van der Waals surface area contributed by atoms with E-state index >= 15 is 0 Å². The molecule has 1 aliphatic heterocycles. The number of fused-ring (bicyclic) bond motifs is 1. The van der Waals surface area contributed by atoms with Crippen LogP contribution in [0.2, 0.25) is 5.02 Å². The lowest BCUT2D eigenvalue weighted by molar-refractivity contribution is 0.585. The molecule has 2 aromatic rings. The van der Waals surface area contributed by atoms with Crippen LogP contribution in [0, 0.1) is 11.6 Å². The van der Waals surface area contributed by atoms with Gasteiger partial charge in [0.05, 0.1) is 0 Å². The Morgan fingerprint density at radius 2 is 1.75 bits per heavy atom. The van der Waals surface area contributed by atoms with Crippen molar-refractivity contribution in [1.29, 1.82) is 0 Å². The van der Waals surface area contributed by atoms with E-state index in [-0.39, 0.29) is 12.4 Å².